The lowest BCUT2D eigenvalue weighted by molar-refractivity contribution is 0.778. The molecule has 88 valence electrons. The van der Waals surface area contributed by atoms with Gasteiger partial charge in [0.1, 0.15) is 0 Å². The normalized spacial score (nSPS) is 10.5. The first-order chi connectivity index (χ1) is 8.13. The molecule has 1 aromatic heterocycles. The molecule has 0 unspecified atom stereocenters. The van der Waals surface area contributed by atoms with Crippen LogP contribution in [0.1, 0.15) is 11.3 Å². The fraction of sp³-hybridized carbons (Fsp3) is 0.231. The largest absolute Gasteiger partial charge is 0.269 e. The van der Waals surface area contributed by atoms with Crippen LogP contribution in [-0.2, 0) is 0 Å². The zero-order chi connectivity index (χ0) is 12.4. The Hall–Kier alpha value is -1.55. The van der Waals surface area contributed by atoms with Crippen LogP contribution in [0.2, 0.25) is 0 Å². The number of thioether (sulfide) groups is 1. The molecule has 0 aliphatic heterocycles. The Kier molecular flexibility index (Phi) is 3.33. The maximum Gasteiger partial charge on any atom is 0.258 e. The fourth-order valence-corrected chi connectivity index (χ4v) is 2.35. The highest BCUT2D eigenvalue weighted by Crippen LogP contribution is 2.18. The molecule has 17 heavy (non-hydrogen) atoms. The van der Waals surface area contributed by atoms with Crippen molar-refractivity contribution < 1.29 is 0 Å². The van der Waals surface area contributed by atoms with Crippen LogP contribution < -0.4 is 5.56 Å². The molecule has 0 atom stereocenters. The van der Waals surface area contributed by atoms with Crippen LogP contribution in [0, 0.1) is 13.8 Å². The number of hydrogen-bond donors (Lipinski definition) is 0. The number of benzene rings is 1. The first-order valence-electron chi connectivity index (χ1n) is 5.34. The van der Waals surface area contributed by atoms with Gasteiger partial charge in [0.05, 0.1) is 5.69 Å². The minimum absolute atomic E-state index is 0.0313. The average molecular weight is 246 g/mol. The van der Waals surface area contributed by atoms with E-state index in [1.165, 1.54) is 11.8 Å². The molecule has 0 aliphatic rings. The number of aryl methyl sites for hydroxylation is 2. The Morgan fingerprint density at radius 3 is 2.59 bits per heavy atom. The summed E-state index contributed by atoms with van der Waals surface area (Å²) in [6.45, 7) is 3.83. The van der Waals surface area contributed by atoms with Crippen molar-refractivity contribution >= 4 is 11.8 Å². The van der Waals surface area contributed by atoms with Gasteiger partial charge >= 0.3 is 0 Å². The van der Waals surface area contributed by atoms with Crippen LogP contribution in [0.3, 0.4) is 0 Å². The van der Waals surface area contributed by atoms with E-state index in [1.54, 1.807) is 10.6 Å². The molecule has 1 heterocycles. The Morgan fingerprint density at radius 2 is 1.94 bits per heavy atom. The molecule has 0 saturated heterocycles. The van der Waals surface area contributed by atoms with Crippen molar-refractivity contribution in [2.24, 2.45) is 0 Å². The van der Waals surface area contributed by atoms with Crippen LogP contribution in [0.5, 0.6) is 0 Å². The monoisotopic (exact) mass is 246 g/mol. The van der Waals surface area contributed by atoms with E-state index >= 15 is 0 Å². The first-order valence-corrected chi connectivity index (χ1v) is 6.56. The zero-order valence-corrected chi connectivity index (χ0v) is 10.9. The summed E-state index contributed by atoms with van der Waals surface area (Å²) in [5, 5.41) is 0.726. The summed E-state index contributed by atoms with van der Waals surface area (Å²) in [5.41, 5.74) is 2.69. The Labute approximate surface area is 105 Å². The van der Waals surface area contributed by atoms with Gasteiger partial charge in [-0.15, -0.1) is 0 Å². The zero-order valence-electron chi connectivity index (χ0n) is 10.1. The average Bonchev–Trinajstić information content (AvgIpc) is 2.29. The Bertz CT molecular complexity index is 605. The van der Waals surface area contributed by atoms with E-state index in [1.807, 2.05) is 44.4 Å². The van der Waals surface area contributed by atoms with Gasteiger partial charge in [-0.25, -0.2) is 4.98 Å². The smallest absolute Gasteiger partial charge is 0.258 e. The molecule has 0 radical (unpaired) electrons. The second-order valence-corrected chi connectivity index (χ2v) is 4.62. The van der Waals surface area contributed by atoms with Gasteiger partial charge in [0, 0.05) is 11.8 Å². The molecule has 0 bridgehead atoms. The van der Waals surface area contributed by atoms with E-state index < -0.39 is 0 Å². The summed E-state index contributed by atoms with van der Waals surface area (Å²) >= 11 is 1.48. The lowest BCUT2D eigenvalue weighted by Gasteiger charge is -2.12. The van der Waals surface area contributed by atoms with Gasteiger partial charge in [0.2, 0.25) is 0 Å². The maximum atomic E-state index is 12.1. The summed E-state index contributed by atoms with van der Waals surface area (Å²) in [6.07, 6.45) is 1.93. The van der Waals surface area contributed by atoms with Gasteiger partial charge < -0.3 is 0 Å². The highest BCUT2D eigenvalue weighted by atomic mass is 32.2. The standard InChI is InChI=1S/C13H14N2OS/c1-9-6-4-5-7-11(9)15-12(16)8-10(2)14-13(15)17-3/h4-8H,1-3H3. The van der Waals surface area contributed by atoms with Crippen molar-refractivity contribution in [3.8, 4) is 5.69 Å². The van der Waals surface area contributed by atoms with Crippen LogP contribution in [0.15, 0.2) is 40.3 Å². The van der Waals surface area contributed by atoms with Crippen LogP contribution in [-0.4, -0.2) is 15.8 Å². The summed E-state index contributed by atoms with van der Waals surface area (Å²) in [6, 6.07) is 9.38. The van der Waals surface area contributed by atoms with E-state index in [9.17, 15) is 4.79 Å². The molecule has 0 saturated carbocycles. The topological polar surface area (TPSA) is 34.9 Å². The molecule has 2 aromatic rings. The third kappa shape index (κ3) is 2.26. The van der Waals surface area contributed by atoms with Gasteiger partial charge in [0.25, 0.3) is 5.56 Å². The van der Waals surface area contributed by atoms with Gasteiger partial charge in [-0.2, -0.15) is 0 Å². The molecular formula is C13H14N2OS. The van der Waals surface area contributed by atoms with E-state index in [2.05, 4.69) is 4.98 Å². The number of hydrogen-bond acceptors (Lipinski definition) is 3. The van der Waals surface area contributed by atoms with Gasteiger partial charge in [0.15, 0.2) is 5.16 Å². The minimum atomic E-state index is -0.0313. The third-order valence-electron chi connectivity index (χ3n) is 2.55. The summed E-state index contributed by atoms with van der Waals surface area (Å²) < 4.78 is 1.66. The number of rotatable bonds is 2. The highest BCUT2D eigenvalue weighted by molar-refractivity contribution is 7.98. The van der Waals surface area contributed by atoms with Crippen LogP contribution in [0.25, 0.3) is 5.69 Å². The Balaban J connectivity index is 2.76. The maximum absolute atomic E-state index is 12.1. The van der Waals surface area contributed by atoms with Crippen LogP contribution in [0.4, 0.5) is 0 Å². The van der Waals surface area contributed by atoms with Crippen molar-refractivity contribution in [2.75, 3.05) is 6.26 Å². The van der Waals surface area contributed by atoms with Gasteiger partial charge in [-0.1, -0.05) is 30.0 Å². The predicted octanol–water partition coefficient (Wildman–Crippen LogP) is 2.57. The van der Waals surface area contributed by atoms with Crippen molar-refractivity contribution in [2.45, 2.75) is 19.0 Å². The SMILES string of the molecule is CSc1nc(C)cc(=O)n1-c1ccccc1C. The van der Waals surface area contributed by atoms with Crippen molar-refractivity contribution in [3.63, 3.8) is 0 Å². The van der Waals surface area contributed by atoms with Crippen molar-refractivity contribution in [3.05, 3.63) is 51.9 Å². The minimum Gasteiger partial charge on any atom is -0.269 e. The molecule has 1 aromatic carbocycles. The number of aromatic nitrogens is 2. The quantitative estimate of drug-likeness (QED) is 0.603. The lowest BCUT2D eigenvalue weighted by Crippen LogP contribution is -2.21. The van der Waals surface area contributed by atoms with Gasteiger partial charge in [-0.05, 0) is 31.7 Å². The Morgan fingerprint density at radius 1 is 1.24 bits per heavy atom. The van der Waals surface area contributed by atoms with Crippen molar-refractivity contribution in [1.29, 1.82) is 0 Å². The molecule has 0 fully saturated rings. The second kappa shape index (κ2) is 4.75. The first kappa shape index (κ1) is 11.9. The molecule has 4 heteroatoms. The van der Waals surface area contributed by atoms with E-state index in [4.69, 9.17) is 0 Å². The number of para-hydroxylation sites is 1. The van der Waals surface area contributed by atoms with Crippen LogP contribution >= 0.6 is 11.8 Å². The molecule has 0 amide bonds. The molecular weight excluding hydrogens is 232 g/mol. The van der Waals surface area contributed by atoms with E-state index in [0.717, 1.165) is 22.1 Å². The van der Waals surface area contributed by atoms with Gasteiger partial charge in [-0.3, -0.25) is 9.36 Å². The predicted molar refractivity (Wildman–Crippen MR) is 71.1 cm³/mol. The van der Waals surface area contributed by atoms with E-state index in [-0.39, 0.29) is 5.56 Å². The molecule has 3 nitrogen and oxygen atoms in total. The molecule has 2 rings (SSSR count). The van der Waals surface area contributed by atoms with E-state index in [0.29, 0.717) is 0 Å². The lowest BCUT2D eigenvalue weighted by atomic mass is 10.2. The summed E-state index contributed by atoms with van der Waals surface area (Å²) in [4.78, 5) is 16.5. The summed E-state index contributed by atoms with van der Waals surface area (Å²) in [5.74, 6) is 0. The van der Waals surface area contributed by atoms with Crippen molar-refractivity contribution in [1.82, 2.24) is 9.55 Å². The summed E-state index contributed by atoms with van der Waals surface area (Å²) in [7, 11) is 0. The number of nitrogens with zero attached hydrogens (tertiary/aromatic N) is 2. The molecule has 0 N–H and O–H groups in total. The third-order valence-corrected chi connectivity index (χ3v) is 3.19. The molecule has 0 aliphatic carbocycles. The fourth-order valence-electron chi connectivity index (χ4n) is 1.74. The molecule has 0 spiro atoms. The second-order valence-electron chi connectivity index (χ2n) is 3.84. The highest BCUT2D eigenvalue weighted by Gasteiger charge is 2.09.